The molecular formula is C21H29FN4O. The van der Waals surface area contributed by atoms with Crippen LogP contribution in [0.2, 0.25) is 0 Å². The lowest BCUT2D eigenvalue weighted by molar-refractivity contribution is 0.336. The zero-order valence-corrected chi connectivity index (χ0v) is 16.6. The van der Waals surface area contributed by atoms with Crippen molar-refractivity contribution in [3.8, 4) is 5.75 Å². The molecule has 0 saturated carbocycles. The van der Waals surface area contributed by atoms with Crippen LogP contribution >= 0.6 is 0 Å². The fraction of sp³-hybridized carbons (Fsp3) is 0.381. The molecule has 2 aromatic rings. The van der Waals surface area contributed by atoms with Crippen LogP contribution in [0, 0.1) is 5.82 Å². The van der Waals surface area contributed by atoms with E-state index in [1.54, 1.807) is 13.1 Å². The molecule has 0 heterocycles. The summed E-state index contributed by atoms with van der Waals surface area (Å²) in [4.78, 5) is 6.20. The van der Waals surface area contributed by atoms with Crippen LogP contribution in [0.3, 0.4) is 0 Å². The average Bonchev–Trinajstić information content (AvgIpc) is 2.65. The number of ether oxygens (including phenoxy) is 1. The third kappa shape index (κ3) is 6.57. The largest absolute Gasteiger partial charge is 0.494 e. The molecule has 0 bridgehead atoms. The van der Waals surface area contributed by atoms with Gasteiger partial charge in [0.1, 0.15) is 11.6 Å². The zero-order valence-electron chi connectivity index (χ0n) is 16.6. The number of halogens is 1. The van der Waals surface area contributed by atoms with Crippen molar-refractivity contribution < 1.29 is 9.13 Å². The van der Waals surface area contributed by atoms with Crippen LogP contribution in [0.5, 0.6) is 5.75 Å². The van der Waals surface area contributed by atoms with Crippen LogP contribution in [-0.2, 0) is 19.6 Å². The number of hydrogen-bond acceptors (Lipinski definition) is 3. The quantitative estimate of drug-likeness (QED) is 0.552. The normalized spacial score (nSPS) is 11.6. The van der Waals surface area contributed by atoms with Gasteiger partial charge in [0.25, 0.3) is 0 Å². The summed E-state index contributed by atoms with van der Waals surface area (Å²) in [5.74, 6) is 1.37. The average molecular weight is 372 g/mol. The predicted octanol–water partition coefficient (Wildman–Crippen LogP) is 3.15. The second-order valence-electron chi connectivity index (χ2n) is 6.48. The van der Waals surface area contributed by atoms with Gasteiger partial charge in [-0.1, -0.05) is 24.3 Å². The van der Waals surface area contributed by atoms with Gasteiger partial charge in [0, 0.05) is 37.8 Å². The van der Waals surface area contributed by atoms with Crippen LogP contribution in [0.1, 0.15) is 23.6 Å². The molecule has 0 aliphatic heterocycles. The van der Waals surface area contributed by atoms with Crippen molar-refractivity contribution in [2.45, 2.75) is 26.6 Å². The van der Waals surface area contributed by atoms with Crippen molar-refractivity contribution >= 4 is 5.96 Å². The summed E-state index contributed by atoms with van der Waals surface area (Å²) >= 11 is 0. The molecule has 0 fully saturated rings. The first-order valence-corrected chi connectivity index (χ1v) is 9.10. The first-order chi connectivity index (χ1) is 13.0. The topological polar surface area (TPSA) is 48.9 Å². The van der Waals surface area contributed by atoms with Crippen LogP contribution < -0.4 is 15.4 Å². The van der Waals surface area contributed by atoms with E-state index in [0.29, 0.717) is 37.8 Å². The molecule has 2 N–H and O–H groups in total. The van der Waals surface area contributed by atoms with Crippen molar-refractivity contribution in [2.75, 3.05) is 27.7 Å². The van der Waals surface area contributed by atoms with Gasteiger partial charge in [-0.15, -0.1) is 0 Å². The van der Waals surface area contributed by atoms with Gasteiger partial charge >= 0.3 is 0 Å². The first kappa shape index (κ1) is 20.7. The molecule has 0 aliphatic carbocycles. The molecule has 0 radical (unpaired) electrons. The lowest BCUT2D eigenvalue weighted by atomic mass is 10.1. The molecule has 0 atom stereocenters. The van der Waals surface area contributed by atoms with E-state index in [9.17, 15) is 4.39 Å². The van der Waals surface area contributed by atoms with Gasteiger partial charge in [-0.3, -0.25) is 4.99 Å². The second-order valence-corrected chi connectivity index (χ2v) is 6.48. The van der Waals surface area contributed by atoms with E-state index >= 15 is 0 Å². The molecule has 0 spiro atoms. The lowest BCUT2D eigenvalue weighted by Gasteiger charge is -2.15. The summed E-state index contributed by atoms with van der Waals surface area (Å²) in [5, 5.41) is 6.56. The fourth-order valence-corrected chi connectivity index (χ4v) is 2.73. The number of rotatable bonds is 8. The highest BCUT2D eigenvalue weighted by Crippen LogP contribution is 2.17. The number of hydrogen-bond donors (Lipinski definition) is 2. The summed E-state index contributed by atoms with van der Waals surface area (Å²) < 4.78 is 19.6. The number of para-hydroxylation sites is 1. The summed E-state index contributed by atoms with van der Waals surface area (Å²) in [6, 6.07) is 13.1. The molecule has 6 heteroatoms. The maximum atomic E-state index is 13.9. The van der Waals surface area contributed by atoms with Crippen molar-refractivity contribution in [2.24, 2.45) is 4.99 Å². The number of nitrogens with zero attached hydrogens (tertiary/aromatic N) is 2. The monoisotopic (exact) mass is 372 g/mol. The van der Waals surface area contributed by atoms with Gasteiger partial charge in [-0.25, -0.2) is 4.39 Å². The SMILES string of the molecule is CCOc1ccccc1CNC(=NC)NCc1ccc(F)c(CN(C)C)c1. The molecule has 5 nitrogen and oxygen atoms in total. The highest BCUT2D eigenvalue weighted by Gasteiger charge is 2.07. The van der Waals surface area contributed by atoms with Crippen molar-refractivity contribution in [1.29, 1.82) is 0 Å². The number of nitrogens with one attached hydrogen (secondary N) is 2. The summed E-state index contributed by atoms with van der Waals surface area (Å²) in [5.41, 5.74) is 2.76. The highest BCUT2D eigenvalue weighted by molar-refractivity contribution is 5.79. The molecular weight excluding hydrogens is 343 g/mol. The third-order valence-corrected chi connectivity index (χ3v) is 4.00. The van der Waals surface area contributed by atoms with Crippen LogP contribution in [0.25, 0.3) is 0 Å². The molecule has 27 heavy (non-hydrogen) atoms. The Hall–Kier alpha value is -2.60. The predicted molar refractivity (Wildman–Crippen MR) is 108 cm³/mol. The molecule has 0 aliphatic rings. The van der Waals surface area contributed by atoms with Crippen LogP contribution in [0.15, 0.2) is 47.5 Å². The van der Waals surface area contributed by atoms with Crippen molar-refractivity contribution in [3.05, 3.63) is 65.0 Å². The third-order valence-electron chi connectivity index (χ3n) is 4.00. The zero-order chi connectivity index (χ0) is 19.6. The Bertz CT molecular complexity index is 762. The van der Waals surface area contributed by atoms with Gasteiger partial charge in [0.05, 0.1) is 6.61 Å². The molecule has 0 aromatic heterocycles. The Balaban J connectivity index is 1.95. The minimum absolute atomic E-state index is 0.178. The molecule has 0 amide bonds. The second kappa shape index (κ2) is 10.5. The Morgan fingerprint density at radius 1 is 1.07 bits per heavy atom. The van der Waals surface area contributed by atoms with E-state index in [1.165, 1.54) is 6.07 Å². The molecule has 0 unspecified atom stereocenters. The minimum Gasteiger partial charge on any atom is -0.494 e. The smallest absolute Gasteiger partial charge is 0.191 e. The van der Waals surface area contributed by atoms with E-state index in [1.807, 2.05) is 56.3 Å². The van der Waals surface area contributed by atoms with Gasteiger partial charge in [-0.05, 0) is 44.8 Å². The standard InChI is InChI=1S/C21H29FN4O/c1-5-27-20-9-7-6-8-17(20)14-25-21(23-2)24-13-16-10-11-19(22)18(12-16)15-26(3)4/h6-12H,5,13-15H2,1-4H3,(H2,23,24,25). The van der Waals surface area contributed by atoms with E-state index < -0.39 is 0 Å². The number of benzene rings is 2. The van der Waals surface area contributed by atoms with Gasteiger partial charge in [0.15, 0.2) is 5.96 Å². The Kier molecular flexibility index (Phi) is 8.07. The van der Waals surface area contributed by atoms with Gasteiger partial charge in [-0.2, -0.15) is 0 Å². The Labute approximate surface area is 161 Å². The highest BCUT2D eigenvalue weighted by atomic mass is 19.1. The van der Waals surface area contributed by atoms with E-state index in [-0.39, 0.29) is 5.82 Å². The Morgan fingerprint density at radius 3 is 2.52 bits per heavy atom. The maximum Gasteiger partial charge on any atom is 0.191 e. The first-order valence-electron chi connectivity index (χ1n) is 9.10. The van der Waals surface area contributed by atoms with Crippen molar-refractivity contribution in [1.82, 2.24) is 15.5 Å². The Morgan fingerprint density at radius 2 is 1.81 bits per heavy atom. The maximum absolute atomic E-state index is 13.9. The fourth-order valence-electron chi connectivity index (χ4n) is 2.73. The number of aliphatic imine (C=N–C) groups is 1. The summed E-state index contributed by atoms with van der Waals surface area (Å²) in [7, 11) is 5.58. The van der Waals surface area contributed by atoms with E-state index in [0.717, 1.165) is 16.9 Å². The molecule has 2 aromatic carbocycles. The molecule has 0 saturated heterocycles. The van der Waals surface area contributed by atoms with Crippen molar-refractivity contribution in [3.63, 3.8) is 0 Å². The van der Waals surface area contributed by atoms with Crippen LogP contribution in [0.4, 0.5) is 4.39 Å². The van der Waals surface area contributed by atoms with Gasteiger partial charge in [0.2, 0.25) is 0 Å². The van der Waals surface area contributed by atoms with E-state index in [4.69, 9.17) is 4.74 Å². The number of guanidine groups is 1. The lowest BCUT2D eigenvalue weighted by Crippen LogP contribution is -2.36. The molecule has 146 valence electrons. The molecule has 2 rings (SSSR count). The minimum atomic E-state index is -0.178. The summed E-state index contributed by atoms with van der Waals surface area (Å²) in [6.45, 7) is 4.33. The summed E-state index contributed by atoms with van der Waals surface area (Å²) in [6.07, 6.45) is 0. The van der Waals surface area contributed by atoms with E-state index in [2.05, 4.69) is 15.6 Å². The van der Waals surface area contributed by atoms with Crippen LogP contribution in [-0.4, -0.2) is 38.6 Å². The van der Waals surface area contributed by atoms with Gasteiger partial charge < -0.3 is 20.3 Å².